The molecule has 0 radical (unpaired) electrons. The van der Waals surface area contributed by atoms with E-state index in [4.69, 9.17) is 5.73 Å². The maximum atomic E-state index is 6.05. The van der Waals surface area contributed by atoms with Crippen molar-refractivity contribution in [3.05, 3.63) is 0 Å². The molecule has 14 heavy (non-hydrogen) atoms. The molecule has 0 heterocycles. The molecule has 0 aliphatic heterocycles. The minimum absolute atomic E-state index is 0.387. The zero-order valence-corrected chi connectivity index (χ0v) is 11.3. The van der Waals surface area contributed by atoms with E-state index in [9.17, 15) is 0 Å². The van der Waals surface area contributed by atoms with Crippen molar-refractivity contribution < 1.29 is 0 Å². The monoisotopic (exact) mass is 217 g/mol. The van der Waals surface area contributed by atoms with Gasteiger partial charge < -0.3 is 5.73 Å². The second-order valence-electron chi connectivity index (χ2n) is 5.79. The highest BCUT2D eigenvalue weighted by Gasteiger charge is 2.12. The van der Waals surface area contributed by atoms with Gasteiger partial charge in [0, 0.05) is 11.8 Å². The van der Waals surface area contributed by atoms with Crippen molar-refractivity contribution in [2.75, 3.05) is 11.5 Å². The summed E-state index contributed by atoms with van der Waals surface area (Å²) in [6, 6.07) is 0.387. The normalized spacial score (nSPS) is 14.8. The minimum atomic E-state index is 0.387. The number of thioether (sulfide) groups is 1. The summed E-state index contributed by atoms with van der Waals surface area (Å²) in [6.45, 7) is 11.4. The molecule has 1 unspecified atom stereocenters. The van der Waals surface area contributed by atoms with Gasteiger partial charge in [0.15, 0.2) is 0 Å². The fraction of sp³-hybridized carbons (Fsp3) is 1.00. The molecule has 0 amide bonds. The Bertz CT molecular complexity index is 138. The molecule has 0 spiro atoms. The third-order valence-electron chi connectivity index (χ3n) is 2.05. The molecule has 0 saturated carbocycles. The lowest BCUT2D eigenvalue weighted by molar-refractivity contribution is 0.353. The van der Waals surface area contributed by atoms with E-state index in [1.807, 2.05) is 11.8 Å². The average Bonchev–Trinajstić information content (AvgIpc) is 1.99. The van der Waals surface area contributed by atoms with Gasteiger partial charge >= 0.3 is 0 Å². The fourth-order valence-corrected chi connectivity index (χ4v) is 2.23. The lowest BCUT2D eigenvalue weighted by atomic mass is 9.89. The van der Waals surface area contributed by atoms with Gasteiger partial charge in [-0.3, -0.25) is 0 Å². The maximum absolute atomic E-state index is 6.05. The Morgan fingerprint density at radius 2 is 1.71 bits per heavy atom. The minimum Gasteiger partial charge on any atom is -0.327 e. The van der Waals surface area contributed by atoms with E-state index in [0.29, 0.717) is 11.5 Å². The van der Waals surface area contributed by atoms with Crippen LogP contribution in [0.2, 0.25) is 0 Å². The first-order chi connectivity index (χ1) is 6.31. The van der Waals surface area contributed by atoms with E-state index < -0.39 is 0 Å². The Balaban J connectivity index is 3.42. The van der Waals surface area contributed by atoms with Crippen LogP contribution in [0.3, 0.4) is 0 Å². The number of nitrogens with two attached hydrogens (primary N) is 1. The molecule has 0 aliphatic rings. The molecule has 0 rings (SSSR count). The van der Waals surface area contributed by atoms with Crippen LogP contribution >= 0.6 is 11.8 Å². The first-order valence-corrected chi connectivity index (χ1v) is 6.80. The summed E-state index contributed by atoms with van der Waals surface area (Å²) in [6.07, 6.45) is 2.39. The van der Waals surface area contributed by atoms with Crippen LogP contribution in [0.25, 0.3) is 0 Å². The lowest BCUT2D eigenvalue weighted by Gasteiger charge is -2.20. The molecule has 2 heteroatoms. The van der Waals surface area contributed by atoms with Crippen LogP contribution in [0.15, 0.2) is 0 Å². The maximum Gasteiger partial charge on any atom is 0.0130 e. The Hall–Kier alpha value is 0.310. The molecular weight excluding hydrogens is 190 g/mol. The SMILES string of the molecule is CC(C)CSCC(N)CCC(C)(C)C. The van der Waals surface area contributed by atoms with Gasteiger partial charge in [0.1, 0.15) is 0 Å². The van der Waals surface area contributed by atoms with Gasteiger partial charge in [0.05, 0.1) is 0 Å². The molecular formula is C12H27NS. The van der Waals surface area contributed by atoms with Crippen molar-refractivity contribution in [2.24, 2.45) is 17.1 Å². The molecule has 0 saturated heterocycles. The smallest absolute Gasteiger partial charge is 0.0130 e. The van der Waals surface area contributed by atoms with Crippen LogP contribution in [0.5, 0.6) is 0 Å². The highest BCUT2D eigenvalue weighted by molar-refractivity contribution is 7.99. The van der Waals surface area contributed by atoms with Crippen LogP contribution in [0.1, 0.15) is 47.5 Å². The summed E-state index contributed by atoms with van der Waals surface area (Å²) in [5.41, 5.74) is 6.48. The van der Waals surface area contributed by atoms with Gasteiger partial charge in [-0.25, -0.2) is 0 Å². The van der Waals surface area contributed by atoms with Crippen molar-refractivity contribution in [2.45, 2.75) is 53.5 Å². The van der Waals surface area contributed by atoms with Crippen LogP contribution < -0.4 is 5.73 Å². The van der Waals surface area contributed by atoms with Crippen LogP contribution in [-0.2, 0) is 0 Å². The topological polar surface area (TPSA) is 26.0 Å². The quantitative estimate of drug-likeness (QED) is 0.736. The van der Waals surface area contributed by atoms with Gasteiger partial charge in [0.25, 0.3) is 0 Å². The van der Waals surface area contributed by atoms with Crippen molar-refractivity contribution in [1.29, 1.82) is 0 Å². The molecule has 0 bridgehead atoms. The van der Waals surface area contributed by atoms with E-state index in [1.165, 1.54) is 12.2 Å². The number of hydrogen-bond donors (Lipinski definition) is 1. The van der Waals surface area contributed by atoms with E-state index in [-0.39, 0.29) is 0 Å². The average molecular weight is 217 g/mol. The van der Waals surface area contributed by atoms with E-state index in [0.717, 1.165) is 18.1 Å². The third-order valence-corrected chi connectivity index (χ3v) is 3.61. The lowest BCUT2D eigenvalue weighted by Crippen LogP contribution is -2.25. The summed E-state index contributed by atoms with van der Waals surface area (Å²) in [7, 11) is 0. The molecule has 0 aromatic rings. The van der Waals surface area contributed by atoms with E-state index in [1.54, 1.807) is 0 Å². The second kappa shape index (κ2) is 6.73. The summed E-state index contributed by atoms with van der Waals surface area (Å²) in [5.74, 6) is 3.15. The molecule has 0 fully saturated rings. The summed E-state index contributed by atoms with van der Waals surface area (Å²) >= 11 is 2.00. The van der Waals surface area contributed by atoms with Gasteiger partial charge in [-0.15, -0.1) is 0 Å². The van der Waals surface area contributed by atoms with Gasteiger partial charge in [-0.05, 0) is 29.9 Å². The largest absolute Gasteiger partial charge is 0.327 e. The summed E-state index contributed by atoms with van der Waals surface area (Å²) in [5, 5.41) is 0. The molecule has 1 nitrogen and oxygen atoms in total. The zero-order chi connectivity index (χ0) is 11.2. The first-order valence-electron chi connectivity index (χ1n) is 5.64. The van der Waals surface area contributed by atoms with Gasteiger partial charge in [-0.1, -0.05) is 34.6 Å². The van der Waals surface area contributed by atoms with E-state index >= 15 is 0 Å². The third kappa shape index (κ3) is 10.4. The highest BCUT2D eigenvalue weighted by Crippen LogP contribution is 2.22. The molecule has 0 aromatic heterocycles. The molecule has 86 valence electrons. The summed E-state index contributed by atoms with van der Waals surface area (Å²) < 4.78 is 0. The standard InChI is InChI=1S/C12H27NS/c1-10(2)8-14-9-11(13)6-7-12(3,4)5/h10-11H,6-9,13H2,1-5H3. The van der Waals surface area contributed by atoms with Crippen LogP contribution in [0, 0.1) is 11.3 Å². The first kappa shape index (κ1) is 14.3. The van der Waals surface area contributed by atoms with Crippen LogP contribution in [-0.4, -0.2) is 17.5 Å². The Labute approximate surface area is 94.2 Å². The molecule has 0 aliphatic carbocycles. The zero-order valence-electron chi connectivity index (χ0n) is 10.5. The fourth-order valence-electron chi connectivity index (χ4n) is 1.16. The Morgan fingerprint density at radius 3 is 2.14 bits per heavy atom. The Kier molecular flexibility index (Phi) is 6.88. The van der Waals surface area contributed by atoms with Gasteiger partial charge in [0.2, 0.25) is 0 Å². The van der Waals surface area contributed by atoms with E-state index in [2.05, 4.69) is 34.6 Å². The highest BCUT2D eigenvalue weighted by atomic mass is 32.2. The predicted molar refractivity (Wildman–Crippen MR) is 68.8 cm³/mol. The predicted octanol–water partition coefficient (Wildman–Crippen LogP) is 3.53. The number of rotatable bonds is 6. The molecule has 0 aromatic carbocycles. The van der Waals surface area contributed by atoms with Crippen molar-refractivity contribution in [3.63, 3.8) is 0 Å². The molecule has 1 atom stereocenters. The molecule has 2 N–H and O–H groups in total. The van der Waals surface area contributed by atoms with Crippen molar-refractivity contribution in [3.8, 4) is 0 Å². The summed E-state index contributed by atoms with van der Waals surface area (Å²) in [4.78, 5) is 0. The second-order valence-corrected chi connectivity index (χ2v) is 6.87. The van der Waals surface area contributed by atoms with Crippen molar-refractivity contribution in [1.82, 2.24) is 0 Å². The van der Waals surface area contributed by atoms with Crippen LogP contribution in [0.4, 0.5) is 0 Å². The van der Waals surface area contributed by atoms with Crippen molar-refractivity contribution >= 4 is 11.8 Å². The van der Waals surface area contributed by atoms with Gasteiger partial charge in [-0.2, -0.15) is 11.8 Å². The Morgan fingerprint density at radius 1 is 1.14 bits per heavy atom. The number of hydrogen-bond acceptors (Lipinski definition) is 2.